The van der Waals surface area contributed by atoms with Crippen molar-refractivity contribution < 1.29 is 56.1 Å². The van der Waals surface area contributed by atoms with Crippen molar-refractivity contribution in [2.45, 2.75) is 4.90 Å². The molecule has 0 amide bonds. The molecule has 0 aliphatic heterocycles. The molecular weight excluding hydrogens is 398 g/mol. The Morgan fingerprint density at radius 1 is 0.741 bits per heavy atom. The molecule has 27 heavy (non-hydrogen) atoms. The summed E-state index contributed by atoms with van der Waals surface area (Å²) in [5.74, 6) is 0.560. The fourth-order valence-electron chi connectivity index (χ4n) is 2.17. The van der Waals surface area contributed by atoms with Crippen molar-refractivity contribution in [2.24, 2.45) is 0 Å². The summed E-state index contributed by atoms with van der Waals surface area (Å²) in [7, 11) is -8.73. The van der Waals surface area contributed by atoms with Crippen molar-refractivity contribution in [2.75, 3.05) is 0 Å². The molecule has 0 bridgehead atoms. The van der Waals surface area contributed by atoms with E-state index in [9.17, 15) is 17.5 Å². The zero-order valence-corrected chi connectivity index (χ0v) is 18.1. The van der Waals surface area contributed by atoms with Crippen LogP contribution in [0.5, 0.6) is 11.5 Å². The first-order valence-corrected chi connectivity index (χ1v) is 10.5. The van der Waals surface area contributed by atoms with Gasteiger partial charge >= 0.3 is 37.2 Å². The van der Waals surface area contributed by atoms with E-state index in [2.05, 4.69) is 0 Å². The monoisotopic (exact) mass is 412 g/mol. The minimum atomic E-state index is -4.71. The second-order valence-corrected chi connectivity index (χ2v) is 8.51. The second kappa shape index (κ2) is 9.06. The molecule has 3 aromatic rings. The molecule has 6 nitrogen and oxygen atoms in total. The second-order valence-electron chi connectivity index (χ2n) is 5.26. The van der Waals surface area contributed by atoms with E-state index >= 15 is 0 Å². The molecule has 0 radical (unpaired) electrons. The van der Waals surface area contributed by atoms with Crippen LogP contribution < -0.4 is 43.9 Å². The van der Waals surface area contributed by atoms with Crippen molar-refractivity contribution >= 4 is 23.0 Å². The van der Waals surface area contributed by atoms with Crippen LogP contribution in [0.2, 0.25) is 0 Å². The van der Waals surface area contributed by atoms with Gasteiger partial charge in [-0.2, -0.15) is 0 Å². The molecule has 134 valence electrons. The maximum atomic E-state index is 13.5. The van der Waals surface area contributed by atoms with Gasteiger partial charge in [0.05, 0.1) is 10.2 Å². The van der Waals surface area contributed by atoms with E-state index in [1.165, 1.54) is 12.1 Å². The van der Waals surface area contributed by atoms with Crippen LogP contribution in [0.25, 0.3) is 0 Å². The van der Waals surface area contributed by atoms with Crippen molar-refractivity contribution in [1.29, 1.82) is 0 Å². The van der Waals surface area contributed by atoms with Crippen LogP contribution >= 0.6 is 7.60 Å². The number of benzene rings is 3. The molecule has 0 atom stereocenters. The SMILES string of the molecule is O=P(Oc1ccccc1)(Oc1ccccc1)c1cccc(S(=O)(=O)[O-])c1.[Na+]. The van der Waals surface area contributed by atoms with Crippen LogP contribution in [0.3, 0.4) is 0 Å². The van der Waals surface area contributed by atoms with Crippen LogP contribution in [0, 0.1) is 0 Å². The average molecular weight is 412 g/mol. The molecular formula is C18H14NaO6PS. The first-order chi connectivity index (χ1) is 12.4. The van der Waals surface area contributed by atoms with E-state index in [0.29, 0.717) is 0 Å². The van der Waals surface area contributed by atoms with Crippen LogP contribution in [0.15, 0.2) is 89.8 Å². The normalized spacial score (nSPS) is 11.3. The molecule has 0 unspecified atom stereocenters. The van der Waals surface area contributed by atoms with E-state index in [1.54, 1.807) is 60.7 Å². The summed E-state index contributed by atoms with van der Waals surface area (Å²) in [5.41, 5.74) is 0. The minimum Gasteiger partial charge on any atom is -0.744 e. The molecule has 0 aromatic heterocycles. The Balaban J connectivity index is 0.00000261. The fourth-order valence-corrected chi connectivity index (χ4v) is 4.39. The third-order valence-electron chi connectivity index (χ3n) is 3.36. The summed E-state index contributed by atoms with van der Waals surface area (Å²) in [6.07, 6.45) is 0. The summed E-state index contributed by atoms with van der Waals surface area (Å²) >= 11 is 0. The summed E-state index contributed by atoms with van der Waals surface area (Å²) in [4.78, 5) is -0.511. The van der Waals surface area contributed by atoms with Gasteiger partial charge in [-0.3, -0.25) is 0 Å². The van der Waals surface area contributed by atoms with Gasteiger partial charge in [0.1, 0.15) is 21.6 Å². The van der Waals surface area contributed by atoms with Crippen LogP contribution in [0.4, 0.5) is 0 Å². The van der Waals surface area contributed by atoms with E-state index in [4.69, 9.17) is 9.05 Å². The topological polar surface area (TPSA) is 92.7 Å². The quantitative estimate of drug-likeness (QED) is 0.334. The largest absolute Gasteiger partial charge is 1.00 e. The number of para-hydroxylation sites is 2. The maximum Gasteiger partial charge on any atom is 1.00 e. The number of hydrogen-bond donors (Lipinski definition) is 0. The molecule has 0 aliphatic rings. The first kappa shape index (κ1) is 21.7. The molecule has 0 aliphatic carbocycles. The van der Waals surface area contributed by atoms with Gasteiger partial charge in [-0.15, -0.1) is 0 Å². The molecule has 9 heteroatoms. The summed E-state index contributed by atoms with van der Waals surface area (Å²) in [6.45, 7) is 0. The standard InChI is InChI=1S/C18H15O6PS.Na/c19-25(23-15-8-3-1-4-9-15,24-16-10-5-2-6-11-16)17-12-7-13-18(14-17)26(20,21)22;/h1-14H,(H,20,21,22);/q;+1/p-1. The number of hydrogen-bond acceptors (Lipinski definition) is 6. The van der Waals surface area contributed by atoms with Crippen molar-refractivity contribution in [3.05, 3.63) is 84.9 Å². The zero-order chi connectivity index (χ0) is 18.6. The average Bonchev–Trinajstić information content (AvgIpc) is 2.63. The molecule has 3 rings (SSSR count). The Morgan fingerprint density at radius 3 is 1.67 bits per heavy atom. The van der Waals surface area contributed by atoms with Gasteiger partial charge < -0.3 is 13.6 Å². The Morgan fingerprint density at radius 2 is 1.22 bits per heavy atom. The van der Waals surface area contributed by atoms with E-state index in [-0.39, 0.29) is 46.4 Å². The van der Waals surface area contributed by atoms with Gasteiger partial charge in [0.2, 0.25) is 0 Å². The first-order valence-electron chi connectivity index (χ1n) is 7.53. The molecule has 0 saturated heterocycles. The van der Waals surface area contributed by atoms with Gasteiger partial charge in [0.25, 0.3) is 0 Å². The molecule has 0 heterocycles. The van der Waals surface area contributed by atoms with Gasteiger partial charge in [-0.05, 0) is 42.5 Å². The van der Waals surface area contributed by atoms with Crippen LogP contribution in [-0.4, -0.2) is 13.0 Å². The van der Waals surface area contributed by atoms with Crippen molar-refractivity contribution in [3.8, 4) is 11.5 Å². The Hall–Kier alpha value is -1.60. The van der Waals surface area contributed by atoms with Gasteiger partial charge in [-0.1, -0.05) is 42.5 Å². The molecule has 0 saturated carbocycles. The minimum absolute atomic E-state index is 0. The van der Waals surface area contributed by atoms with Crippen LogP contribution in [-0.2, 0) is 14.7 Å². The Kier molecular flexibility index (Phi) is 7.28. The number of rotatable bonds is 6. The Bertz CT molecular complexity index is 996. The van der Waals surface area contributed by atoms with E-state index in [1.807, 2.05) is 0 Å². The third kappa shape index (κ3) is 5.69. The molecule has 3 aromatic carbocycles. The van der Waals surface area contributed by atoms with Gasteiger partial charge in [0.15, 0.2) is 0 Å². The summed E-state index contributed by atoms with van der Waals surface area (Å²) in [5, 5.41) is -0.0397. The van der Waals surface area contributed by atoms with Crippen LogP contribution in [0.1, 0.15) is 0 Å². The summed E-state index contributed by atoms with van der Waals surface area (Å²) in [6, 6.07) is 21.5. The Labute approximate surface area is 179 Å². The smallest absolute Gasteiger partial charge is 0.744 e. The fraction of sp³-hybridized carbons (Fsp3) is 0. The van der Waals surface area contributed by atoms with Crippen molar-refractivity contribution in [1.82, 2.24) is 0 Å². The van der Waals surface area contributed by atoms with Gasteiger partial charge in [0, 0.05) is 0 Å². The third-order valence-corrected chi connectivity index (χ3v) is 6.00. The summed E-state index contributed by atoms with van der Waals surface area (Å²) < 4.78 is 58.6. The molecule has 0 fully saturated rings. The molecule has 0 spiro atoms. The van der Waals surface area contributed by atoms with Gasteiger partial charge in [-0.25, -0.2) is 13.0 Å². The van der Waals surface area contributed by atoms with Crippen molar-refractivity contribution in [3.63, 3.8) is 0 Å². The van der Waals surface area contributed by atoms with E-state index in [0.717, 1.165) is 12.1 Å². The maximum absolute atomic E-state index is 13.5. The predicted molar refractivity (Wildman–Crippen MR) is 95.8 cm³/mol. The molecule has 0 N–H and O–H groups in total. The zero-order valence-electron chi connectivity index (χ0n) is 14.4. The van der Waals surface area contributed by atoms with E-state index < -0.39 is 22.6 Å². The predicted octanol–water partition coefficient (Wildman–Crippen LogP) is 0.571.